The largest absolute Gasteiger partial charge is 0.478 e. The van der Waals surface area contributed by atoms with Gasteiger partial charge in [0.1, 0.15) is 5.82 Å². The minimum absolute atomic E-state index is 0.0337. The minimum Gasteiger partial charge on any atom is -0.478 e. The predicted molar refractivity (Wildman–Crippen MR) is 59.3 cm³/mol. The summed E-state index contributed by atoms with van der Waals surface area (Å²) in [5.74, 6) is -2.15. The number of halogens is 1. The van der Waals surface area contributed by atoms with Crippen molar-refractivity contribution in [3.63, 3.8) is 0 Å². The average Bonchev–Trinajstić information content (AvgIpc) is 2.18. The number of carbonyl (C=O) groups is 2. The van der Waals surface area contributed by atoms with E-state index in [0.29, 0.717) is 0 Å². The quantitative estimate of drug-likeness (QED) is 0.847. The number of carboxylic acid groups (broad SMARTS) is 1. The average molecular weight is 237 g/mol. The molecule has 1 aliphatic rings. The molecule has 0 spiro atoms. The summed E-state index contributed by atoms with van der Waals surface area (Å²) in [6.45, 7) is 0. The second kappa shape index (κ2) is 4.53. The molecule has 1 aromatic carbocycles. The Kier molecular flexibility index (Phi) is 3.08. The van der Waals surface area contributed by atoms with Crippen LogP contribution in [0.25, 0.3) is 0 Å². The van der Waals surface area contributed by atoms with Crippen LogP contribution in [0.2, 0.25) is 0 Å². The fourth-order valence-corrected chi connectivity index (χ4v) is 1.65. The van der Waals surface area contributed by atoms with Crippen molar-refractivity contribution in [2.75, 3.05) is 5.32 Å². The van der Waals surface area contributed by atoms with Crippen molar-refractivity contribution < 1.29 is 19.1 Å². The second-order valence-corrected chi connectivity index (χ2v) is 4.12. The Labute approximate surface area is 97.4 Å². The van der Waals surface area contributed by atoms with Gasteiger partial charge in [-0.3, -0.25) is 4.79 Å². The van der Waals surface area contributed by atoms with Crippen molar-refractivity contribution >= 4 is 17.6 Å². The summed E-state index contributed by atoms with van der Waals surface area (Å²) < 4.78 is 13.5. The molecule has 1 amide bonds. The number of anilines is 1. The minimum atomic E-state index is -1.19. The van der Waals surface area contributed by atoms with Crippen LogP contribution in [0.15, 0.2) is 18.2 Å². The van der Waals surface area contributed by atoms with E-state index in [4.69, 9.17) is 5.11 Å². The summed E-state index contributed by atoms with van der Waals surface area (Å²) >= 11 is 0. The smallest absolute Gasteiger partial charge is 0.335 e. The third-order valence-corrected chi connectivity index (χ3v) is 2.95. The van der Waals surface area contributed by atoms with Crippen LogP contribution in [-0.4, -0.2) is 17.0 Å². The molecule has 0 bridgehead atoms. The van der Waals surface area contributed by atoms with Gasteiger partial charge in [-0.25, -0.2) is 9.18 Å². The molecule has 1 aromatic rings. The van der Waals surface area contributed by atoms with Crippen molar-refractivity contribution in [2.24, 2.45) is 5.92 Å². The second-order valence-electron chi connectivity index (χ2n) is 4.12. The van der Waals surface area contributed by atoms with E-state index in [9.17, 15) is 14.0 Å². The number of benzene rings is 1. The molecule has 0 aliphatic heterocycles. The summed E-state index contributed by atoms with van der Waals surface area (Å²) in [4.78, 5) is 22.2. The van der Waals surface area contributed by atoms with Crippen LogP contribution < -0.4 is 5.32 Å². The molecule has 5 heteroatoms. The highest BCUT2D eigenvalue weighted by molar-refractivity contribution is 5.94. The van der Waals surface area contributed by atoms with Gasteiger partial charge in [0.15, 0.2) is 0 Å². The molecule has 0 radical (unpaired) electrons. The van der Waals surface area contributed by atoms with E-state index in [-0.39, 0.29) is 23.1 Å². The Morgan fingerprint density at radius 2 is 2.06 bits per heavy atom. The Morgan fingerprint density at radius 3 is 2.53 bits per heavy atom. The number of hydrogen-bond acceptors (Lipinski definition) is 2. The summed E-state index contributed by atoms with van der Waals surface area (Å²) in [6, 6.07) is 3.44. The molecular formula is C12H12FNO3. The van der Waals surface area contributed by atoms with Crippen LogP contribution in [0, 0.1) is 11.7 Å². The van der Waals surface area contributed by atoms with Crippen molar-refractivity contribution in [2.45, 2.75) is 19.3 Å². The topological polar surface area (TPSA) is 66.4 Å². The molecule has 0 aromatic heterocycles. The third kappa shape index (κ3) is 2.43. The lowest BCUT2D eigenvalue weighted by molar-refractivity contribution is -0.122. The molecule has 0 atom stereocenters. The summed E-state index contributed by atoms with van der Waals surface area (Å²) in [5, 5.41) is 11.1. The molecule has 4 nitrogen and oxygen atoms in total. The molecule has 17 heavy (non-hydrogen) atoms. The van der Waals surface area contributed by atoms with E-state index in [1.807, 2.05) is 0 Å². The molecule has 1 aliphatic carbocycles. The van der Waals surface area contributed by atoms with Gasteiger partial charge in [0.25, 0.3) is 0 Å². The monoisotopic (exact) mass is 237 g/mol. The number of nitrogens with one attached hydrogen (secondary N) is 1. The highest BCUT2D eigenvalue weighted by Gasteiger charge is 2.25. The normalized spacial score (nSPS) is 15.1. The lowest BCUT2D eigenvalue weighted by Gasteiger charge is -2.24. The maximum absolute atomic E-state index is 13.5. The van der Waals surface area contributed by atoms with E-state index < -0.39 is 11.8 Å². The van der Waals surface area contributed by atoms with Gasteiger partial charge < -0.3 is 10.4 Å². The molecule has 1 fully saturated rings. The molecule has 90 valence electrons. The van der Waals surface area contributed by atoms with Gasteiger partial charge >= 0.3 is 5.97 Å². The zero-order valence-electron chi connectivity index (χ0n) is 9.07. The van der Waals surface area contributed by atoms with E-state index in [1.54, 1.807) is 0 Å². The van der Waals surface area contributed by atoms with Crippen LogP contribution in [0.1, 0.15) is 29.6 Å². The number of aromatic carboxylic acids is 1. The van der Waals surface area contributed by atoms with E-state index >= 15 is 0 Å². The van der Waals surface area contributed by atoms with E-state index in [2.05, 4.69) is 5.32 Å². The first kappa shape index (κ1) is 11.6. The van der Waals surface area contributed by atoms with Crippen LogP contribution in [0.4, 0.5) is 10.1 Å². The highest BCUT2D eigenvalue weighted by atomic mass is 19.1. The molecular weight excluding hydrogens is 225 g/mol. The molecule has 0 saturated heterocycles. The Morgan fingerprint density at radius 1 is 1.35 bits per heavy atom. The van der Waals surface area contributed by atoms with Crippen LogP contribution >= 0.6 is 0 Å². The highest BCUT2D eigenvalue weighted by Crippen LogP contribution is 2.28. The fraction of sp³-hybridized carbons (Fsp3) is 0.333. The van der Waals surface area contributed by atoms with Crippen molar-refractivity contribution in [3.05, 3.63) is 29.6 Å². The number of carboxylic acids is 1. The van der Waals surface area contributed by atoms with Gasteiger partial charge in [0.2, 0.25) is 5.91 Å². The van der Waals surface area contributed by atoms with Gasteiger partial charge in [-0.15, -0.1) is 0 Å². The Bertz CT molecular complexity index is 469. The predicted octanol–water partition coefficient (Wildman–Crippen LogP) is 2.26. The first-order valence-electron chi connectivity index (χ1n) is 5.41. The third-order valence-electron chi connectivity index (χ3n) is 2.95. The van der Waals surface area contributed by atoms with Crippen molar-refractivity contribution in [3.8, 4) is 0 Å². The Hall–Kier alpha value is -1.91. The molecule has 0 unspecified atom stereocenters. The summed E-state index contributed by atoms with van der Waals surface area (Å²) in [6.07, 6.45) is 2.69. The van der Waals surface area contributed by atoms with Crippen LogP contribution in [0.5, 0.6) is 0 Å². The molecule has 0 heterocycles. The molecule has 2 N–H and O–H groups in total. The number of hydrogen-bond donors (Lipinski definition) is 2. The molecule has 1 saturated carbocycles. The van der Waals surface area contributed by atoms with Gasteiger partial charge in [-0.05, 0) is 31.0 Å². The van der Waals surface area contributed by atoms with E-state index in [1.165, 1.54) is 12.1 Å². The lowest BCUT2D eigenvalue weighted by atomic mass is 9.85. The number of amides is 1. The maximum Gasteiger partial charge on any atom is 0.335 e. The standard InChI is InChI=1S/C12H12FNO3/c13-9-6-8(12(16)17)4-5-10(9)14-11(15)7-2-1-3-7/h4-7H,1-3H2,(H,14,15)(H,16,17). The number of carbonyl (C=O) groups excluding carboxylic acids is 1. The van der Waals surface area contributed by atoms with Gasteiger partial charge in [-0.2, -0.15) is 0 Å². The van der Waals surface area contributed by atoms with Gasteiger partial charge in [-0.1, -0.05) is 6.42 Å². The zero-order chi connectivity index (χ0) is 12.4. The first-order valence-corrected chi connectivity index (χ1v) is 5.41. The van der Waals surface area contributed by atoms with Crippen molar-refractivity contribution in [1.82, 2.24) is 0 Å². The maximum atomic E-state index is 13.5. The SMILES string of the molecule is O=C(O)c1ccc(NC(=O)C2CCC2)c(F)c1. The first-order chi connectivity index (χ1) is 8.08. The summed E-state index contributed by atoms with van der Waals surface area (Å²) in [5.41, 5.74) is -0.101. The molecule has 2 rings (SSSR count). The number of rotatable bonds is 3. The Balaban J connectivity index is 2.10. The zero-order valence-corrected chi connectivity index (χ0v) is 9.07. The van der Waals surface area contributed by atoms with E-state index in [0.717, 1.165) is 25.3 Å². The van der Waals surface area contributed by atoms with Crippen LogP contribution in [0.3, 0.4) is 0 Å². The van der Waals surface area contributed by atoms with Gasteiger partial charge in [0.05, 0.1) is 11.3 Å². The summed E-state index contributed by atoms with van der Waals surface area (Å²) in [7, 11) is 0. The van der Waals surface area contributed by atoms with Gasteiger partial charge in [0, 0.05) is 5.92 Å². The fourth-order valence-electron chi connectivity index (χ4n) is 1.65. The van der Waals surface area contributed by atoms with Crippen LogP contribution in [-0.2, 0) is 4.79 Å². The lowest BCUT2D eigenvalue weighted by Crippen LogP contribution is -2.28. The van der Waals surface area contributed by atoms with Crippen molar-refractivity contribution in [1.29, 1.82) is 0 Å².